The maximum atomic E-state index is 14.0. The molecule has 1 aromatic rings. The van der Waals surface area contributed by atoms with Crippen molar-refractivity contribution in [2.75, 3.05) is 6.54 Å². The van der Waals surface area contributed by atoms with Gasteiger partial charge >= 0.3 is 5.97 Å². The first-order valence-electron chi connectivity index (χ1n) is 6.43. The minimum absolute atomic E-state index is 0.162. The maximum Gasteiger partial charge on any atom is 0.307 e. The molecule has 0 aromatic heterocycles. The number of piperidine rings is 1. The zero-order valence-electron chi connectivity index (χ0n) is 11.3. The number of carbonyl (C=O) groups is 1. The van der Waals surface area contributed by atoms with Gasteiger partial charge in [0.1, 0.15) is 4.90 Å². The summed E-state index contributed by atoms with van der Waals surface area (Å²) >= 11 is 5.62. The van der Waals surface area contributed by atoms with Crippen molar-refractivity contribution in [3.63, 3.8) is 0 Å². The first-order valence-corrected chi connectivity index (χ1v) is 8.25. The molecule has 1 aromatic carbocycles. The van der Waals surface area contributed by atoms with Crippen molar-refractivity contribution in [1.82, 2.24) is 4.31 Å². The molecular weight excluding hydrogens is 321 g/mol. The van der Waals surface area contributed by atoms with E-state index < -0.39 is 32.6 Å². The van der Waals surface area contributed by atoms with Crippen LogP contribution in [-0.4, -0.2) is 36.4 Å². The van der Waals surface area contributed by atoms with Crippen molar-refractivity contribution in [3.05, 3.63) is 29.0 Å². The lowest BCUT2D eigenvalue weighted by molar-refractivity contribution is -0.143. The quantitative estimate of drug-likeness (QED) is 0.920. The fourth-order valence-electron chi connectivity index (χ4n) is 2.42. The van der Waals surface area contributed by atoms with E-state index in [1.54, 1.807) is 6.92 Å². The van der Waals surface area contributed by atoms with Gasteiger partial charge < -0.3 is 5.11 Å². The Morgan fingerprint density at radius 2 is 2.10 bits per heavy atom. The molecule has 0 saturated carbocycles. The third kappa shape index (κ3) is 3.04. The number of hydrogen-bond donors (Lipinski definition) is 1. The Bertz CT molecular complexity index is 664. The molecule has 0 bridgehead atoms. The Labute approximate surface area is 127 Å². The molecule has 5 nitrogen and oxygen atoms in total. The molecule has 1 saturated heterocycles. The number of rotatable bonds is 3. The Balaban J connectivity index is 2.42. The van der Waals surface area contributed by atoms with Crippen LogP contribution in [0.1, 0.15) is 19.8 Å². The van der Waals surface area contributed by atoms with Gasteiger partial charge in [0.2, 0.25) is 10.0 Å². The van der Waals surface area contributed by atoms with Crippen LogP contribution in [0.15, 0.2) is 23.1 Å². The van der Waals surface area contributed by atoms with Gasteiger partial charge in [-0.1, -0.05) is 17.7 Å². The standard InChI is InChI=1S/C13H15ClFNO4S/c1-8-5-6-9(13(17)18)7-16(8)21(19,20)11-4-2-3-10(14)12(11)15/h2-4,8-9H,5-7H2,1H3,(H,17,18). The Morgan fingerprint density at radius 1 is 1.43 bits per heavy atom. The van der Waals surface area contributed by atoms with E-state index in [0.717, 1.165) is 10.4 Å². The van der Waals surface area contributed by atoms with Crippen LogP contribution in [0.4, 0.5) is 4.39 Å². The number of aliphatic carboxylic acids is 1. The number of benzene rings is 1. The molecule has 1 heterocycles. The first-order chi connectivity index (χ1) is 9.75. The van der Waals surface area contributed by atoms with Gasteiger partial charge in [-0.3, -0.25) is 4.79 Å². The van der Waals surface area contributed by atoms with Gasteiger partial charge in [-0.25, -0.2) is 12.8 Å². The number of hydrogen-bond acceptors (Lipinski definition) is 3. The zero-order chi connectivity index (χ0) is 15.8. The largest absolute Gasteiger partial charge is 0.481 e. The SMILES string of the molecule is CC1CCC(C(=O)O)CN1S(=O)(=O)c1cccc(Cl)c1F. The van der Waals surface area contributed by atoms with Gasteiger partial charge in [-0.2, -0.15) is 4.31 Å². The van der Waals surface area contributed by atoms with Gasteiger partial charge in [-0.15, -0.1) is 0 Å². The van der Waals surface area contributed by atoms with Gasteiger partial charge in [0.15, 0.2) is 5.82 Å². The lowest BCUT2D eigenvalue weighted by Crippen LogP contribution is -2.47. The zero-order valence-corrected chi connectivity index (χ0v) is 12.9. The summed E-state index contributed by atoms with van der Waals surface area (Å²) < 4.78 is 40.2. The summed E-state index contributed by atoms with van der Waals surface area (Å²) in [7, 11) is -4.12. The minimum Gasteiger partial charge on any atom is -0.481 e. The van der Waals surface area contributed by atoms with Crippen molar-refractivity contribution in [2.24, 2.45) is 5.92 Å². The third-order valence-electron chi connectivity index (χ3n) is 3.68. The normalized spacial score (nSPS) is 24.0. The van der Waals surface area contributed by atoms with Crippen LogP contribution in [0.25, 0.3) is 0 Å². The number of nitrogens with zero attached hydrogens (tertiary/aromatic N) is 1. The summed E-state index contributed by atoms with van der Waals surface area (Å²) in [6, 6.07) is 3.36. The highest BCUT2D eigenvalue weighted by Gasteiger charge is 2.38. The first kappa shape index (κ1) is 16.2. The topological polar surface area (TPSA) is 74.7 Å². The van der Waals surface area contributed by atoms with E-state index >= 15 is 0 Å². The molecular formula is C13H15ClFNO4S. The van der Waals surface area contributed by atoms with Crippen LogP contribution in [0, 0.1) is 11.7 Å². The number of sulfonamides is 1. The number of halogens is 2. The van der Waals surface area contributed by atoms with Crippen molar-refractivity contribution in [1.29, 1.82) is 0 Å². The Kier molecular flexibility index (Phi) is 4.55. The van der Waals surface area contributed by atoms with Gasteiger partial charge in [0.25, 0.3) is 0 Å². The summed E-state index contributed by atoms with van der Waals surface area (Å²) in [6.45, 7) is 1.52. The van der Waals surface area contributed by atoms with Crippen molar-refractivity contribution in [3.8, 4) is 0 Å². The minimum atomic E-state index is -4.12. The number of carboxylic acid groups (broad SMARTS) is 1. The van der Waals surface area contributed by atoms with Gasteiger partial charge in [0, 0.05) is 12.6 Å². The summed E-state index contributed by atoms with van der Waals surface area (Å²) in [5.74, 6) is -2.84. The molecule has 2 unspecified atom stereocenters. The smallest absolute Gasteiger partial charge is 0.307 e. The lowest BCUT2D eigenvalue weighted by atomic mass is 9.96. The van der Waals surface area contributed by atoms with Gasteiger partial charge in [0.05, 0.1) is 10.9 Å². The average molecular weight is 336 g/mol. The third-order valence-corrected chi connectivity index (χ3v) is 5.97. The molecule has 0 amide bonds. The molecule has 116 valence electrons. The second-order valence-corrected chi connectivity index (χ2v) is 7.35. The van der Waals surface area contributed by atoms with Crippen LogP contribution < -0.4 is 0 Å². The van der Waals surface area contributed by atoms with Crippen LogP contribution in [-0.2, 0) is 14.8 Å². The molecule has 21 heavy (non-hydrogen) atoms. The molecule has 1 aliphatic rings. The van der Waals surface area contributed by atoms with Crippen molar-refractivity contribution in [2.45, 2.75) is 30.7 Å². The van der Waals surface area contributed by atoms with Crippen LogP contribution >= 0.6 is 11.6 Å². The highest BCUT2D eigenvalue weighted by molar-refractivity contribution is 7.89. The molecule has 2 atom stereocenters. The molecule has 1 fully saturated rings. The van der Waals surface area contributed by atoms with E-state index in [-0.39, 0.29) is 17.6 Å². The van der Waals surface area contributed by atoms with E-state index in [1.165, 1.54) is 12.1 Å². The van der Waals surface area contributed by atoms with Gasteiger partial charge in [-0.05, 0) is 31.9 Å². The lowest BCUT2D eigenvalue weighted by Gasteiger charge is -2.35. The van der Waals surface area contributed by atoms with E-state index in [4.69, 9.17) is 16.7 Å². The monoisotopic (exact) mass is 335 g/mol. The fraction of sp³-hybridized carbons (Fsp3) is 0.462. The predicted octanol–water partition coefficient (Wildman–Crippen LogP) is 2.35. The summed E-state index contributed by atoms with van der Waals surface area (Å²) in [5, 5.41) is 8.78. The van der Waals surface area contributed by atoms with E-state index in [2.05, 4.69) is 0 Å². The van der Waals surface area contributed by atoms with Crippen LogP contribution in [0.3, 0.4) is 0 Å². The summed E-state index contributed by atoms with van der Waals surface area (Å²) in [4.78, 5) is 10.6. The summed E-state index contributed by atoms with van der Waals surface area (Å²) in [5.41, 5.74) is 0. The highest BCUT2D eigenvalue weighted by Crippen LogP contribution is 2.31. The molecule has 8 heteroatoms. The van der Waals surface area contributed by atoms with Crippen LogP contribution in [0.5, 0.6) is 0 Å². The second-order valence-electron chi connectivity index (χ2n) is 5.09. The fourth-order valence-corrected chi connectivity index (χ4v) is 4.45. The van der Waals surface area contributed by atoms with E-state index in [1.807, 2.05) is 0 Å². The molecule has 0 spiro atoms. The molecule has 2 rings (SSSR count). The Morgan fingerprint density at radius 3 is 2.71 bits per heavy atom. The average Bonchev–Trinajstić information content (AvgIpc) is 2.41. The summed E-state index contributed by atoms with van der Waals surface area (Å²) in [6.07, 6.45) is 0.818. The molecule has 0 aliphatic carbocycles. The van der Waals surface area contributed by atoms with Crippen LogP contribution in [0.2, 0.25) is 5.02 Å². The Hall–Kier alpha value is -1.18. The van der Waals surface area contributed by atoms with Crippen molar-refractivity contribution >= 4 is 27.6 Å². The van der Waals surface area contributed by atoms with Crippen molar-refractivity contribution < 1.29 is 22.7 Å². The molecule has 0 radical (unpaired) electrons. The second kappa shape index (κ2) is 5.90. The maximum absolute atomic E-state index is 14.0. The molecule has 1 aliphatic heterocycles. The highest BCUT2D eigenvalue weighted by atomic mass is 35.5. The van der Waals surface area contributed by atoms with E-state index in [0.29, 0.717) is 12.8 Å². The number of carboxylic acids is 1. The van der Waals surface area contributed by atoms with E-state index in [9.17, 15) is 17.6 Å². The predicted molar refractivity (Wildman–Crippen MR) is 75.1 cm³/mol. The molecule has 1 N–H and O–H groups in total.